The first-order chi connectivity index (χ1) is 3.70. The first kappa shape index (κ1) is 5.90. The third-order valence-electron chi connectivity index (χ3n) is 0.615. The second-order valence-electron chi connectivity index (χ2n) is 1.21. The van der Waals surface area contributed by atoms with E-state index < -0.39 is 25.8 Å². The summed E-state index contributed by atoms with van der Waals surface area (Å²) in [5.74, 6) is -0.520. The quantitative estimate of drug-likeness (QED) is 0.428. The van der Waals surface area contributed by atoms with Crippen LogP contribution in [0.1, 0.15) is 0 Å². The largest absolute Gasteiger partial charge is 0.273 e. The SMILES string of the molecule is O=C1CS(=O)S(=O)N1. The fourth-order valence-corrected chi connectivity index (χ4v) is 2.37. The van der Waals surface area contributed by atoms with E-state index in [-0.39, 0.29) is 5.75 Å². The summed E-state index contributed by atoms with van der Waals surface area (Å²) < 4.78 is 22.6. The molecule has 1 heterocycles. The predicted molar refractivity (Wildman–Crippen MR) is 29.3 cm³/mol. The zero-order valence-electron chi connectivity index (χ0n) is 3.75. The summed E-state index contributed by atoms with van der Waals surface area (Å²) in [5, 5.41) is 0. The van der Waals surface area contributed by atoms with Crippen molar-refractivity contribution in [3.63, 3.8) is 0 Å². The van der Waals surface area contributed by atoms with E-state index in [1.807, 2.05) is 4.72 Å². The van der Waals surface area contributed by atoms with Gasteiger partial charge in [-0.15, -0.1) is 0 Å². The molecular formula is C2H3NO3S2. The molecule has 0 bridgehead atoms. The molecule has 1 aliphatic rings. The van der Waals surface area contributed by atoms with Crippen molar-refractivity contribution in [1.82, 2.24) is 4.72 Å². The van der Waals surface area contributed by atoms with Crippen molar-refractivity contribution >= 4 is 25.8 Å². The molecule has 0 aliphatic carbocycles. The van der Waals surface area contributed by atoms with Gasteiger partial charge in [-0.3, -0.25) is 9.52 Å². The smallest absolute Gasteiger partial charge is 0.246 e. The molecule has 1 amide bonds. The van der Waals surface area contributed by atoms with Crippen LogP contribution >= 0.6 is 0 Å². The van der Waals surface area contributed by atoms with Gasteiger partial charge in [0.15, 0.2) is 0 Å². The minimum Gasteiger partial charge on any atom is -0.273 e. The molecule has 0 spiro atoms. The average Bonchev–Trinajstić information content (AvgIpc) is 1.85. The Morgan fingerprint density at radius 3 is 2.25 bits per heavy atom. The molecule has 4 nitrogen and oxygen atoms in total. The third-order valence-corrected chi connectivity index (χ3v) is 3.46. The highest BCUT2D eigenvalue weighted by Gasteiger charge is 2.24. The number of hydrogen-bond donors (Lipinski definition) is 1. The highest BCUT2D eigenvalue weighted by Crippen LogP contribution is 1.95. The zero-order valence-corrected chi connectivity index (χ0v) is 5.38. The summed E-state index contributed by atoms with van der Waals surface area (Å²) in [6.45, 7) is 0. The maximum absolute atomic E-state index is 10.3. The van der Waals surface area contributed by atoms with Gasteiger partial charge in [-0.1, -0.05) is 0 Å². The lowest BCUT2D eigenvalue weighted by atomic mass is 10.8. The zero-order chi connectivity index (χ0) is 6.15. The van der Waals surface area contributed by atoms with Gasteiger partial charge in [0.2, 0.25) is 15.9 Å². The molecule has 0 saturated carbocycles. The number of rotatable bonds is 0. The van der Waals surface area contributed by atoms with Crippen molar-refractivity contribution in [3.05, 3.63) is 0 Å². The Bertz CT molecular complexity index is 158. The van der Waals surface area contributed by atoms with Gasteiger partial charge in [0, 0.05) is 0 Å². The van der Waals surface area contributed by atoms with E-state index in [9.17, 15) is 13.2 Å². The van der Waals surface area contributed by atoms with E-state index in [0.29, 0.717) is 0 Å². The van der Waals surface area contributed by atoms with Crippen molar-refractivity contribution in [3.8, 4) is 0 Å². The topological polar surface area (TPSA) is 63.2 Å². The number of carbonyl (C=O) groups is 1. The van der Waals surface area contributed by atoms with Crippen LogP contribution in [0.5, 0.6) is 0 Å². The second-order valence-corrected chi connectivity index (χ2v) is 4.80. The highest BCUT2D eigenvalue weighted by atomic mass is 33.1. The monoisotopic (exact) mass is 153 g/mol. The Labute approximate surface area is 50.1 Å². The van der Waals surface area contributed by atoms with Gasteiger partial charge in [0.25, 0.3) is 0 Å². The van der Waals surface area contributed by atoms with Crippen LogP contribution in [0.15, 0.2) is 0 Å². The molecule has 0 aromatic heterocycles. The van der Waals surface area contributed by atoms with Gasteiger partial charge in [-0.25, -0.2) is 8.42 Å². The molecule has 0 radical (unpaired) electrons. The average molecular weight is 153 g/mol. The minimum absolute atomic E-state index is 0.118. The van der Waals surface area contributed by atoms with Crippen LogP contribution in [0.3, 0.4) is 0 Å². The molecule has 1 aliphatic heterocycles. The third kappa shape index (κ3) is 0.948. The van der Waals surface area contributed by atoms with Crippen LogP contribution in [0.4, 0.5) is 0 Å². The maximum atomic E-state index is 10.3. The van der Waals surface area contributed by atoms with Crippen molar-refractivity contribution in [1.29, 1.82) is 0 Å². The van der Waals surface area contributed by atoms with Crippen molar-refractivity contribution in [2.24, 2.45) is 0 Å². The fourth-order valence-electron chi connectivity index (χ4n) is 0.329. The number of carbonyl (C=O) groups excluding carboxylic acids is 1. The van der Waals surface area contributed by atoms with Gasteiger partial charge in [0.1, 0.15) is 15.6 Å². The van der Waals surface area contributed by atoms with E-state index in [0.717, 1.165) is 0 Å². The summed E-state index contributed by atoms with van der Waals surface area (Å²) in [6, 6.07) is 0. The van der Waals surface area contributed by atoms with Gasteiger partial charge in [-0.2, -0.15) is 0 Å². The van der Waals surface area contributed by atoms with Crippen molar-refractivity contribution in [2.45, 2.75) is 0 Å². The number of hydrogen-bond acceptors (Lipinski definition) is 3. The minimum atomic E-state index is -1.63. The normalized spacial score (nSPS) is 37.2. The lowest BCUT2D eigenvalue weighted by molar-refractivity contribution is -0.116. The van der Waals surface area contributed by atoms with Crippen molar-refractivity contribution in [2.75, 3.05) is 5.75 Å². The van der Waals surface area contributed by atoms with Gasteiger partial charge in [-0.05, 0) is 0 Å². The van der Waals surface area contributed by atoms with Gasteiger partial charge in [0.05, 0.1) is 0 Å². The van der Waals surface area contributed by atoms with Crippen LogP contribution < -0.4 is 4.72 Å². The van der Waals surface area contributed by atoms with E-state index in [4.69, 9.17) is 0 Å². The second kappa shape index (κ2) is 1.94. The molecular weight excluding hydrogens is 150 g/mol. The molecule has 2 unspecified atom stereocenters. The first-order valence-corrected chi connectivity index (χ1v) is 4.79. The predicted octanol–water partition coefficient (Wildman–Crippen LogP) is -1.56. The van der Waals surface area contributed by atoms with Crippen LogP contribution in [0.2, 0.25) is 0 Å². The molecule has 6 heteroatoms. The molecule has 0 aromatic rings. The lowest BCUT2D eigenvalue weighted by Gasteiger charge is -1.79. The van der Waals surface area contributed by atoms with E-state index in [1.165, 1.54) is 0 Å². The lowest BCUT2D eigenvalue weighted by Crippen LogP contribution is -2.15. The summed E-state index contributed by atoms with van der Waals surface area (Å²) in [5.41, 5.74) is 0. The highest BCUT2D eigenvalue weighted by molar-refractivity contribution is 8.61. The molecule has 1 rings (SSSR count). The first-order valence-electron chi connectivity index (χ1n) is 1.80. The maximum Gasteiger partial charge on any atom is 0.246 e. The van der Waals surface area contributed by atoms with Crippen LogP contribution in [0.25, 0.3) is 0 Å². The standard InChI is InChI=1S/C2H3NO3S2/c4-2-1-7(5)8(6)3-2/h1H2,(H,3,4). The van der Waals surface area contributed by atoms with Crippen molar-refractivity contribution < 1.29 is 13.2 Å². The molecule has 0 aromatic carbocycles. The molecule has 1 fully saturated rings. The summed E-state index contributed by atoms with van der Waals surface area (Å²) >= 11 is 0. The molecule has 46 valence electrons. The van der Waals surface area contributed by atoms with E-state index >= 15 is 0 Å². The van der Waals surface area contributed by atoms with Crippen LogP contribution in [0, 0.1) is 0 Å². The molecule has 1 saturated heterocycles. The van der Waals surface area contributed by atoms with Crippen LogP contribution in [-0.4, -0.2) is 20.1 Å². The molecule has 2 atom stereocenters. The van der Waals surface area contributed by atoms with Gasteiger partial charge < -0.3 is 0 Å². The Kier molecular flexibility index (Phi) is 1.43. The molecule has 8 heavy (non-hydrogen) atoms. The summed E-state index contributed by atoms with van der Waals surface area (Å²) in [6.07, 6.45) is 0. The number of nitrogens with one attached hydrogen (secondary N) is 1. The van der Waals surface area contributed by atoms with E-state index in [2.05, 4.69) is 0 Å². The number of amides is 1. The Morgan fingerprint density at radius 2 is 2.12 bits per heavy atom. The van der Waals surface area contributed by atoms with E-state index in [1.54, 1.807) is 0 Å². The van der Waals surface area contributed by atoms with Gasteiger partial charge >= 0.3 is 0 Å². The Hall–Kier alpha value is -0.230. The Morgan fingerprint density at radius 1 is 1.50 bits per heavy atom. The fraction of sp³-hybridized carbons (Fsp3) is 0.500. The van der Waals surface area contributed by atoms with Crippen LogP contribution in [-0.2, 0) is 24.6 Å². The summed E-state index contributed by atoms with van der Waals surface area (Å²) in [4.78, 5) is 10.2. The summed E-state index contributed by atoms with van der Waals surface area (Å²) in [7, 11) is -3.11. The molecule has 1 N–H and O–H groups in total. The Balaban J connectivity index is 2.79.